The molecule has 2 aromatic rings. The molecule has 0 unspecified atom stereocenters. The van der Waals surface area contributed by atoms with Crippen molar-refractivity contribution in [2.75, 3.05) is 0 Å². The second-order valence-electron chi connectivity index (χ2n) is 4.58. The fourth-order valence-corrected chi connectivity index (χ4v) is 2.42. The molecule has 0 bridgehead atoms. The molecule has 0 saturated heterocycles. The number of rotatable bonds is 1. The van der Waals surface area contributed by atoms with Crippen LogP contribution >= 0.6 is 0 Å². The summed E-state index contributed by atoms with van der Waals surface area (Å²) >= 11 is 0. The van der Waals surface area contributed by atoms with Crippen LogP contribution in [0.4, 0.5) is 4.39 Å². The summed E-state index contributed by atoms with van der Waals surface area (Å²) in [6, 6.07) is 10.0. The Kier molecular flexibility index (Phi) is 2.71. The van der Waals surface area contributed by atoms with Crippen LogP contribution in [-0.4, -0.2) is 16.0 Å². The van der Waals surface area contributed by atoms with Crippen LogP contribution in [0.1, 0.15) is 17.5 Å². The summed E-state index contributed by atoms with van der Waals surface area (Å²) in [5, 5.41) is 21.4. The maximum absolute atomic E-state index is 13.4. The van der Waals surface area contributed by atoms with E-state index >= 15 is 0 Å². The maximum Gasteiger partial charge on any atom is 0.165 e. The lowest BCUT2D eigenvalue weighted by atomic mass is 10.00. The standard InChI is InChI=1S/C15H12FNO2/c16-13-8-11(4-6-15(13)18)10-2-1-9-3-5-14(17-19)12(9)7-10/h1-2,4,6-8,18-19H,3,5H2/b17-14-. The van der Waals surface area contributed by atoms with E-state index in [1.165, 1.54) is 12.1 Å². The van der Waals surface area contributed by atoms with Crippen LogP contribution < -0.4 is 0 Å². The van der Waals surface area contributed by atoms with Gasteiger partial charge in [-0.1, -0.05) is 23.4 Å². The highest BCUT2D eigenvalue weighted by Gasteiger charge is 2.18. The Bertz CT molecular complexity index is 680. The van der Waals surface area contributed by atoms with E-state index in [0.717, 1.165) is 29.5 Å². The van der Waals surface area contributed by atoms with Gasteiger partial charge in [0.05, 0.1) is 5.71 Å². The van der Waals surface area contributed by atoms with E-state index in [-0.39, 0.29) is 5.75 Å². The van der Waals surface area contributed by atoms with Gasteiger partial charge in [0.15, 0.2) is 11.6 Å². The van der Waals surface area contributed by atoms with Crippen LogP contribution in [-0.2, 0) is 6.42 Å². The van der Waals surface area contributed by atoms with Gasteiger partial charge in [0, 0.05) is 5.56 Å². The molecule has 1 aliphatic carbocycles. The molecule has 0 radical (unpaired) electrons. The summed E-state index contributed by atoms with van der Waals surface area (Å²) in [5.74, 6) is -1.00. The summed E-state index contributed by atoms with van der Waals surface area (Å²) in [6.07, 6.45) is 1.58. The van der Waals surface area contributed by atoms with Crippen LogP contribution in [0.25, 0.3) is 11.1 Å². The number of halogens is 1. The molecule has 0 fully saturated rings. The Morgan fingerprint density at radius 1 is 1.00 bits per heavy atom. The van der Waals surface area contributed by atoms with Gasteiger partial charge in [-0.25, -0.2) is 4.39 Å². The first kappa shape index (κ1) is 11.7. The summed E-state index contributed by atoms with van der Waals surface area (Å²) in [4.78, 5) is 0. The zero-order valence-electron chi connectivity index (χ0n) is 10.1. The molecule has 0 aromatic heterocycles. The van der Waals surface area contributed by atoms with E-state index in [2.05, 4.69) is 5.16 Å². The number of hydrogen-bond donors (Lipinski definition) is 2. The van der Waals surface area contributed by atoms with Crippen molar-refractivity contribution in [3.8, 4) is 16.9 Å². The van der Waals surface area contributed by atoms with Crippen molar-refractivity contribution in [1.82, 2.24) is 0 Å². The van der Waals surface area contributed by atoms with Crippen LogP contribution in [0.15, 0.2) is 41.6 Å². The zero-order valence-corrected chi connectivity index (χ0v) is 10.1. The molecule has 19 heavy (non-hydrogen) atoms. The molecule has 1 aliphatic rings. The fourth-order valence-electron chi connectivity index (χ4n) is 2.42. The SMILES string of the molecule is O/N=C1/CCc2ccc(-c3ccc(O)c(F)c3)cc21. The van der Waals surface area contributed by atoms with Crippen LogP contribution in [0.3, 0.4) is 0 Å². The third kappa shape index (κ3) is 1.95. The largest absolute Gasteiger partial charge is 0.505 e. The van der Waals surface area contributed by atoms with E-state index in [1.54, 1.807) is 6.07 Å². The second-order valence-corrected chi connectivity index (χ2v) is 4.58. The first-order chi connectivity index (χ1) is 9.19. The lowest BCUT2D eigenvalue weighted by Crippen LogP contribution is -1.94. The van der Waals surface area contributed by atoms with E-state index in [0.29, 0.717) is 11.3 Å². The van der Waals surface area contributed by atoms with E-state index in [4.69, 9.17) is 5.21 Å². The van der Waals surface area contributed by atoms with Gasteiger partial charge in [-0.15, -0.1) is 0 Å². The topological polar surface area (TPSA) is 52.8 Å². The highest BCUT2D eigenvalue weighted by molar-refractivity contribution is 6.05. The molecule has 0 saturated carbocycles. The van der Waals surface area contributed by atoms with Gasteiger partial charge >= 0.3 is 0 Å². The average molecular weight is 257 g/mol. The molecule has 4 heteroatoms. The fraction of sp³-hybridized carbons (Fsp3) is 0.133. The lowest BCUT2D eigenvalue weighted by Gasteiger charge is -2.06. The Morgan fingerprint density at radius 2 is 1.74 bits per heavy atom. The number of aryl methyl sites for hydroxylation is 1. The van der Waals surface area contributed by atoms with Crippen LogP contribution in [0, 0.1) is 5.82 Å². The monoisotopic (exact) mass is 257 g/mol. The molecule has 96 valence electrons. The minimum atomic E-state index is -0.644. The van der Waals surface area contributed by atoms with Crippen molar-refractivity contribution in [3.05, 3.63) is 53.3 Å². The van der Waals surface area contributed by atoms with Crippen molar-refractivity contribution < 1.29 is 14.7 Å². The third-order valence-electron chi connectivity index (χ3n) is 3.45. The number of benzene rings is 2. The molecular weight excluding hydrogens is 245 g/mol. The minimum absolute atomic E-state index is 0.359. The molecule has 2 aromatic carbocycles. The minimum Gasteiger partial charge on any atom is -0.505 e. The van der Waals surface area contributed by atoms with E-state index in [9.17, 15) is 9.50 Å². The third-order valence-corrected chi connectivity index (χ3v) is 3.45. The first-order valence-corrected chi connectivity index (χ1v) is 6.02. The molecule has 0 amide bonds. The number of nitrogens with zero attached hydrogens (tertiary/aromatic N) is 1. The molecular formula is C15H12FNO2. The van der Waals surface area contributed by atoms with Gasteiger partial charge in [0.2, 0.25) is 0 Å². The van der Waals surface area contributed by atoms with Gasteiger partial charge in [-0.2, -0.15) is 0 Å². The number of hydrogen-bond acceptors (Lipinski definition) is 3. The summed E-state index contributed by atoms with van der Waals surface area (Å²) in [6.45, 7) is 0. The summed E-state index contributed by atoms with van der Waals surface area (Å²) < 4.78 is 13.4. The number of oxime groups is 1. The van der Waals surface area contributed by atoms with Crippen molar-refractivity contribution in [1.29, 1.82) is 0 Å². The van der Waals surface area contributed by atoms with E-state index < -0.39 is 5.82 Å². The van der Waals surface area contributed by atoms with Gasteiger partial charge in [-0.3, -0.25) is 0 Å². The normalized spacial score (nSPS) is 15.7. The molecule has 2 N–H and O–H groups in total. The van der Waals surface area contributed by atoms with Gasteiger partial charge in [-0.05, 0) is 47.7 Å². The number of aromatic hydroxyl groups is 1. The molecule has 3 nitrogen and oxygen atoms in total. The predicted octanol–water partition coefficient (Wildman–Crippen LogP) is 3.32. The molecule has 0 spiro atoms. The summed E-state index contributed by atoms with van der Waals surface area (Å²) in [7, 11) is 0. The van der Waals surface area contributed by atoms with Crippen LogP contribution in [0.5, 0.6) is 5.75 Å². The summed E-state index contributed by atoms with van der Waals surface area (Å²) in [5.41, 5.74) is 4.23. The van der Waals surface area contributed by atoms with E-state index in [1.807, 2.05) is 18.2 Å². The lowest BCUT2D eigenvalue weighted by molar-refractivity contribution is 0.318. The van der Waals surface area contributed by atoms with Crippen molar-refractivity contribution in [3.63, 3.8) is 0 Å². The number of phenols is 1. The highest BCUT2D eigenvalue weighted by atomic mass is 19.1. The Labute approximate surface area is 109 Å². The number of fused-ring (bicyclic) bond motifs is 1. The zero-order chi connectivity index (χ0) is 13.4. The smallest absolute Gasteiger partial charge is 0.165 e. The quantitative estimate of drug-likeness (QED) is 0.608. The predicted molar refractivity (Wildman–Crippen MR) is 70.1 cm³/mol. The molecule has 3 rings (SSSR count). The first-order valence-electron chi connectivity index (χ1n) is 6.02. The molecule has 0 atom stereocenters. The maximum atomic E-state index is 13.4. The molecule has 0 aliphatic heterocycles. The Morgan fingerprint density at radius 3 is 2.47 bits per heavy atom. The van der Waals surface area contributed by atoms with Crippen LogP contribution in [0.2, 0.25) is 0 Å². The van der Waals surface area contributed by atoms with Crippen molar-refractivity contribution >= 4 is 5.71 Å². The van der Waals surface area contributed by atoms with Gasteiger partial charge < -0.3 is 10.3 Å². The average Bonchev–Trinajstić information content (AvgIpc) is 2.84. The molecule has 0 heterocycles. The van der Waals surface area contributed by atoms with Crippen molar-refractivity contribution in [2.45, 2.75) is 12.8 Å². The highest BCUT2D eigenvalue weighted by Crippen LogP contribution is 2.30. The van der Waals surface area contributed by atoms with Gasteiger partial charge in [0.25, 0.3) is 0 Å². The second kappa shape index (κ2) is 4.39. The Balaban J connectivity index is 2.09. The van der Waals surface area contributed by atoms with Crippen molar-refractivity contribution in [2.24, 2.45) is 5.16 Å². The van der Waals surface area contributed by atoms with Gasteiger partial charge in [0.1, 0.15) is 0 Å². The number of phenolic OH excluding ortho intramolecular Hbond substituents is 1. The Hall–Kier alpha value is -2.36.